The van der Waals surface area contributed by atoms with Crippen molar-refractivity contribution in [2.75, 3.05) is 19.7 Å². The number of alkyl carbamates (subject to hydrolysis) is 1. The minimum Gasteiger partial charge on any atom is -0.479 e. The third-order valence-electron chi connectivity index (χ3n) is 7.94. The van der Waals surface area contributed by atoms with Crippen LogP contribution >= 0.6 is 0 Å². The van der Waals surface area contributed by atoms with Crippen LogP contribution in [-0.2, 0) is 20.9 Å². The van der Waals surface area contributed by atoms with Gasteiger partial charge in [0.15, 0.2) is 5.54 Å². The van der Waals surface area contributed by atoms with Crippen molar-refractivity contribution in [3.05, 3.63) is 95.6 Å². The summed E-state index contributed by atoms with van der Waals surface area (Å²) in [6.45, 7) is 5.04. The number of fused-ring (bicyclic) bond motifs is 3. The maximum atomic E-state index is 13.4. The van der Waals surface area contributed by atoms with Gasteiger partial charge in [-0.15, -0.1) is 0 Å². The Morgan fingerprint density at radius 2 is 1.55 bits per heavy atom. The molecule has 3 aromatic carbocycles. The highest BCUT2D eigenvalue weighted by atomic mass is 16.5. The van der Waals surface area contributed by atoms with Gasteiger partial charge in [0, 0.05) is 25.6 Å². The fourth-order valence-corrected chi connectivity index (χ4v) is 5.81. The molecule has 1 fully saturated rings. The number of carbonyl (C=O) groups is 3. The molecule has 0 radical (unpaired) electrons. The quantitative estimate of drug-likeness (QED) is 0.371. The lowest BCUT2D eigenvalue weighted by Crippen LogP contribution is -2.61. The van der Waals surface area contributed by atoms with Gasteiger partial charge in [-0.2, -0.15) is 0 Å². The number of rotatable bonds is 9. The largest absolute Gasteiger partial charge is 0.479 e. The number of carbonyl (C=O) groups excluding carboxylic acids is 2. The number of amides is 2. The Morgan fingerprint density at radius 3 is 2.15 bits per heavy atom. The van der Waals surface area contributed by atoms with E-state index in [0.717, 1.165) is 27.8 Å². The van der Waals surface area contributed by atoms with E-state index in [9.17, 15) is 19.5 Å². The van der Waals surface area contributed by atoms with E-state index >= 15 is 0 Å². The first-order valence-corrected chi connectivity index (χ1v) is 13.7. The van der Waals surface area contributed by atoms with E-state index in [1.165, 1.54) is 0 Å². The van der Waals surface area contributed by atoms with Gasteiger partial charge in [0.05, 0.1) is 0 Å². The third kappa shape index (κ3) is 5.58. The zero-order valence-electron chi connectivity index (χ0n) is 22.8. The van der Waals surface area contributed by atoms with E-state index in [1.54, 1.807) is 13.8 Å². The first kappa shape index (κ1) is 27.4. The molecule has 0 bridgehead atoms. The summed E-state index contributed by atoms with van der Waals surface area (Å²) < 4.78 is 5.64. The van der Waals surface area contributed by atoms with Crippen molar-refractivity contribution in [3.8, 4) is 11.1 Å². The predicted octanol–water partition coefficient (Wildman–Crippen LogP) is 4.40. The van der Waals surface area contributed by atoms with Gasteiger partial charge in [0.25, 0.3) is 0 Å². The van der Waals surface area contributed by atoms with Gasteiger partial charge in [-0.05, 0) is 40.2 Å². The Kier molecular flexibility index (Phi) is 7.89. The minimum atomic E-state index is -1.43. The maximum absolute atomic E-state index is 13.4. The molecule has 2 atom stereocenters. The highest BCUT2D eigenvalue weighted by molar-refractivity contribution is 5.92. The topological polar surface area (TPSA) is 108 Å². The smallest absolute Gasteiger partial charge is 0.407 e. The second kappa shape index (κ2) is 11.5. The Labute approximate surface area is 234 Å². The molecule has 40 heavy (non-hydrogen) atoms. The molecule has 8 nitrogen and oxygen atoms in total. The Morgan fingerprint density at radius 1 is 0.950 bits per heavy atom. The monoisotopic (exact) mass is 541 g/mol. The van der Waals surface area contributed by atoms with Gasteiger partial charge >= 0.3 is 12.1 Å². The molecule has 3 aromatic rings. The van der Waals surface area contributed by atoms with E-state index < -0.39 is 29.6 Å². The molecule has 208 valence electrons. The van der Waals surface area contributed by atoms with Gasteiger partial charge < -0.3 is 20.5 Å². The van der Waals surface area contributed by atoms with E-state index in [0.29, 0.717) is 13.1 Å². The number of carboxylic acid groups (broad SMARTS) is 1. The third-order valence-corrected chi connectivity index (χ3v) is 7.94. The average Bonchev–Trinajstić information content (AvgIpc) is 3.50. The van der Waals surface area contributed by atoms with E-state index in [-0.39, 0.29) is 31.4 Å². The summed E-state index contributed by atoms with van der Waals surface area (Å²) in [7, 11) is 0. The molecule has 1 aliphatic heterocycles. The fourth-order valence-electron chi connectivity index (χ4n) is 5.81. The van der Waals surface area contributed by atoms with Crippen LogP contribution in [0.25, 0.3) is 11.1 Å². The molecule has 0 spiro atoms. The SMILES string of the molecule is CC(C)[C@H](NC(=O)OCC1c2ccccc2-c2ccccc21)C(=O)NC1(C(=O)O)CCN(Cc2ccccc2)C1. The van der Waals surface area contributed by atoms with Crippen molar-refractivity contribution in [2.45, 2.75) is 44.3 Å². The molecule has 2 amide bonds. The number of nitrogens with one attached hydrogen (secondary N) is 2. The molecule has 8 heteroatoms. The Bertz CT molecular complexity index is 1350. The van der Waals surface area contributed by atoms with E-state index in [2.05, 4.69) is 22.8 Å². The lowest BCUT2D eigenvalue weighted by molar-refractivity contribution is -0.147. The summed E-state index contributed by atoms with van der Waals surface area (Å²) in [6, 6.07) is 25.0. The number of hydrogen-bond donors (Lipinski definition) is 3. The van der Waals surface area contributed by atoms with Crippen LogP contribution in [0.15, 0.2) is 78.9 Å². The number of hydrogen-bond acceptors (Lipinski definition) is 5. The van der Waals surface area contributed by atoms with Crippen molar-refractivity contribution in [1.29, 1.82) is 0 Å². The number of ether oxygens (including phenoxy) is 1. The second-order valence-electron chi connectivity index (χ2n) is 11.0. The van der Waals surface area contributed by atoms with Crippen molar-refractivity contribution in [3.63, 3.8) is 0 Å². The summed E-state index contributed by atoms with van der Waals surface area (Å²) in [5.41, 5.74) is 4.10. The molecule has 5 rings (SSSR count). The fraction of sp³-hybridized carbons (Fsp3) is 0.344. The first-order valence-electron chi connectivity index (χ1n) is 13.7. The van der Waals surface area contributed by atoms with Crippen molar-refractivity contribution < 1.29 is 24.2 Å². The molecule has 2 aliphatic rings. The van der Waals surface area contributed by atoms with Crippen LogP contribution in [0.2, 0.25) is 0 Å². The van der Waals surface area contributed by atoms with Gasteiger partial charge in [-0.3, -0.25) is 9.69 Å². The highest BCUT2D eigenvalue weighted by Crippen LogP contribution is 2.44. The standard InChI is InChI=1S/C32H35N3O5/c1-21(2)28(29(36)34-32(30(37)38)16-17-35(20-32)18-22-10-4-3-5-11-22)33-31(39)40-19-27-25-14-8-6-12-23(25)24-13-7-9-15-26(24)27/h3-15,21,27-28H,16-20H2,1-2H3,(H,33,39)(H,34,36)(H,37,38)/t28-,32?/m0/s1. The zero-order valence-corrected chi connectivity index (χ0v) is 22.8. The second-order valence-corrected chi connectivity index (χ2v) is 11.0. The Hall–Kier alpha value is -4.17. The lowest BCUT2D eigenvalue weighted by Gasteiger charge is -2.30. The summed E-state index contributed by atoms with van der Waals surface area (Å²) in [5, 5.41) is 15.6. The molecule has 3 N–H and O–H groups in total. The number of aliphatic carboxylic acids is 1. The molecular formula is C32H35N3O5. The Balaban J connectivity index is 1.22. The molecule has 0 saturated carbocycles. The molecule has 1 unspecified atom stereocenters. The highest BCUT2D eigenvalue weighted by Gasteiger charge is 2.47. The summed E-state index contributed by atoms with van der Waals surface area (Å²) >= 11 is 0. The van der Waals surface area contributed by atoms with Crippen LogP contribution < -0.4 is 10.6 Å². The summed E-state index contributed by atoms with van der Waals surface area (Å²) in [4.78, 5) is 40.7. The predicted molar refractivity (Wildman–Crippen MR) is 152 cm³/mol. The van der Waals surface area contributed by atoms with E-state index in [1.807, 2.05) is 71.6 Å². The number of carboxylic acids is 1. The van der Waals surface area contributed by atoms with Gasteiger partial charge in [-0.1, -0.05) is 92.7 Å². The normalized spacial score (nSPS) is 19.1. The number of benzene rings is 3. The molecule has 1 heterocycles. The molecule has 1 aliphatic carbocycles. The minimum absolute atomic E-state index is 0.103. The van der Waals surface area contributed by atoms with Crippen molar-refractivity contribution >= 4 is 18.0 Å². The maximum Gasteiger partial charge on any atom is 0.407 e. The van der Waals surface area contributed by atoms with Crippen LogP contribution in [-0.4, -0.2) is 59.3 Å². The van der Waals surface area contributed by atoms with Crippen LogP contribution in [0.3, 0.4) is 0 Å². The average molecular weight is 542 g/mol. The summed E-state index contributed by atoms with van der Waals surface area (Å²) in [6.07, 6.45) is -0.436. The van der Waals surface area contributed by atoms with Crippen LogP contribution in [0.5, 0.6) is 0 Å². The van der Waals surface area contributed by atoms with Gasteiger partial charge in [-0.25, -0.2) is 9.59 Å². The zero-order chi connectivity index (χ0) is 28.3. The molecular weight excluding hydrogens is 506 g/mol. The van der Waals surface area contributed by atoms with Crippen molar-refractivity contribution in [1.82, 2.24) is 15.5 Å². The van der Waals surface area contributed by atoms with Gasteiger partial charge in [0.2, 0.25) is 5.91 Å². The van der Waals surface area contributed by atoms with E-state index in [4.69, 9.17) is 4.74 Å². The molecule has 0 aromatic heterocycles. The van der Waals surface area contributed by atoms with Gasteiger partial charge in [0.1, 0.15) is 12.6 Å². The first-order chi connectivity index (χ1) is 19.3. The lowest BCUT2D eigenvalue weighted by atomic mass is 9.96. The summed E-state index contributed by atoms with van der Waals surface area (Å²) in [5.74, 6) is -2.01. The number of likely N-dealkylation sites (tertiary alicyclic amines) is 1. The van der Waals surface area contributed by atoms with Crippen LogP contribution in [0.4, 0.5) is 4.79 Å². The van der Waals surface area contributed by atoms with Crippen molar-refractivity contribution in [2.24, 2.45) is 5.92 Å². The molecule has 1 saturated heterocycles. The van der Waals surface area contributed by atoms with Crippen LogP contribution in [0, 0.1) is 5.92 Å². The number of nitrogens with zero attached hydrogens (tertiary/aromatic N) is 1. The van der Waals surface area contributed by atoms with Crippen LogP contribution in [0.1, 0.15) is 42.9 Å².